The Morgan fingerprint density at radius 3 is 1.38 bits per heavy atom. The van der Waals surface area contributed by atoms with E-state index in [1.807, 2.05) is 18.2 Å². The maximum absolute atomic E-state index is 5.59. The molecule has 0 aliphatic heterocycles. The molecule has 24 heavy (non-hydrogen) atoms. The second-order valence-electron chi connectivity index (χ2n) is 5.80. The van der Waals surface area contributed by atoms with E-state index in [1.165, 1.54) is 22.3 Å². The van der Waals surface area contributed by atoms with Crippen molar-refractivity contribution >= 4 is 0 Å². The van der Waals surface area contributed by atoms with E-state index < -0.39 is 0 Å². The predicted molar refractivity (Wildman–Crippen MR) is 98.0 cm³/mol. The fourth-order valence-corrected chi connectivity index (χ4v) is 2.94. The summed E-state index contributed by atoms with van der Waals surface area (Å²) in [4.78, 5) is 0. The third-order valence-corrected chi connectivity index (χ3v) is 4.16. The van der Waals surface area contributed by atoms with Crippen LogP contribution in [0.5, 0.6) is 11.5 Å². The molecule has 0 radical (unpaired) electrons. The third-order valence-electron chi connectivity index (χ3n) is 4.16. The van der Waals surface area contributed by atoms with Gasteiger partial charge in [0.25, 0.3) is 0 Å². The Bertz CT molecular complexity index is 715. The minimum absolute atomic E-state index is 0.843. The minimum Gasteiger partial charge on any atom is -0.496 e. The number of benzene rings is 3. The van der Waals surface area contributed by atoms with Gasteiger partial charge in [-0.25, -0.2) is 0 Å². The van der Waals surface area contributed by atoms with Crippen molar-refractivity contribution in [1.29, 1.82) is 0 Å². The Hall–Kier alpha value is -2.74. The summed E-state index contributed by atoms with van der Waals surface area (Å²) in [5.41, 5.74) is 4.89. The topological polar surface area (TPSA) is 18.5 Å². The van der Waals surface area contributed by atoms with Gasteiger partial charge in [-0.05, 0) is 28.3 Å². The van der Waals surface area contributed by atoms with Crippen LogP contribution in [0.3, 0.4) is 0 Å². The van der Waals surface area contributed by atoms with Crippen molar-refractivity contribution in [3.63, 3.8) is 0 Å². The molecule has 0 saturated carbocycles. The summed E-state index contributed by atoms with van der Waals surface area (Å²) in [6.45, 7) is 0. The first-order chi connectivity index (χ1) is 11.8. The maximum atomic E-state index is 5.59. The molecule has 3 aromatic carbocycles. The fraction of sp³-hybridized carbons (Fsp3) is 0.182. The van der Waals surface area contributed by atoms with E-state index >= 15 is 0 Å². The van der Waals surface area contributed by atoms with E-state index in [9.17, 15) is 0 Å². The second-order valence-corrected chi connectivity index (χ2v) is 5.80. The van der Waals surface area contributed by atoms with Crippen LogP contribution in [0.4, 0.5) is 0 Å². The number of rotatable bonds is 6. The standard InChI is InChI=1S/C22H22O2/c1-23-21-16-22(24-2)20(14-18-11-7-4-8-12-18)15-19(21)13-17-9-5-3-6-10-17/h3-12,15-16H,13-14H2,1-2H3. The summed E-state index contributed by atoms with van der Waals surface area (Å²) in [6, 6.07) is 25.1. The summed E-state index contributed by atoms with van der Waals surface area (Å²) in [5.74, 6) is 1.74. The molecule has 0 heterocycles. The van der Waals surface area contributed by atoms with Crippen LogP contribution in [0.1, 0.15) is 22.3 Å². The van der Waals surface area contributed by atoms with Gasteiger partial charge in [0.05, 0.1) is 14.2 Å². The van der Waals surface area contributed by atoms with E-state index in [4.69, 9.17) is 9.47 Å². The SMILES string of the molecule is COc1cc(OC)c(Cc2ccccc2)cc1Cc1ccccc1. The molecule has 3 aromatic rings. The molecule has 0 bridgehead atoms. The van der Waals surface area contributed by atoms with E-state index in [-0.39, 0.29) is 0 Å². The largest absolute Gasteiger partial charge is 0.496 e. The number of ether oxygens (including phenoxy) is 2. The smallest absolute Gasteiger partial charge is 0.126 e. The molecule has 0 aromatic heterocycles. The van der Waals surface area contributed by atoms with Gasteiger partial charge >= 0.3 is 0 Å². The fourth-order valence-electron chi connectivity index (χ4n) is 2.94. The number of hydrogen-bond donors (Lipinski definition) is 0. The highest BCUT2D eigenvalue weighted by Crippen LogP contribution is 2.32. The van der Waals surface area contributed by atoms with Gasteiger partial charge in [0, 0.05) is 18.9 Å². The third kappa shape index (κ3) is 3.77. The summed E-state index contributed by atoms with van der Waals surface area (Å²) in [5, 5.41) is 0. The molecule has 0 aliphatic carbocycles. The molecule has 0 amide bonds. The van der Waals surface area contributed by atoms with Crippen molar-refractivity contribution in [3.8, 4) is 11.5 Å². The molecule has 0 fully saturated rings. The molecule has 3 rings (SSSR count). The van der Waals surface area contributed by atoms with Crippen molar-refractivity contribution in [3.05, 3.63) is 95.1 Å². The van der Waals surface area contributed by atoms with E-state index in [0.29, 0.717) is 0 Å². The predicted octanol–water partition coefficient (Wildman–Crippen LogP) is 4.89. The molecule has 0 unspecified atom stereocenters. The second kappa shape index (κ2) is 7.69. The molecular formula is C22H22O2. The Morgan fingerprint density at radius 2 is 1.00 bits per heavy atom. The molecule has 0 aliphatic rings. The summed E-state index contributed by atoms with van der Waals surface area (Å²) < 4.78 is 11.2. The van der Waals surface area contributed by atoms with Crippen LogP contribution in [0.15, 0.2) is 72.8 Å². The van der Waals surface area contributed by atoms with Gasteiger partial charge < -0.3 is 9.47 Å². The molecule has 0 atom stereocenters. The quantitative estimate of drug-likeness (QED) is 0.644. The highest BCUT2D eigenvalue weighted by molar-refractivity contribution is 5.49. The van der Waals surface area contributed by atoms with Gasteiger partial charge in [-0.1, -0.05) is 60.7 Å². The average molecular weight is 318 g/mol. The average Bonchev–Trinajstić information content (AvgIpc) is 2.64. The molecule has 122 valence electrons. The minimum atomic E-state index is 0.843. The molecule has 0 saturated heterocycles. The lowest BCUT2D eigenvalue weighted by Gasteiger charge is -2.15. The van der Waals surface area contributed by atoms with Gasteiger partial charge in [0.15, 0.2) is 0 Å². The molecular weight excluding hydrogens is 296 g/mol. The van der Waals surface area contributed by atoms with Gasteiger partial charge in [-0.3, -0.25) is 0 Å². The Labute approximate surface area is 143 Å². The van der Waals surface area contributed by atoms with Crippen LogP contribution in [-0.4, -0.2) is 14.2 Å². The van der Waals surface area contributed by atoms with Crippen molar-refractivity contribution < 1.29 is 9.47 Å². The van der Waals surface area contributed by atoms with Crippen molar-refractivity contribution in [2.75, 3.05) is 14.2 Å². The number of hydrogen-bond acceptors (Lipinski definition) is 2. The first kappa shape index (κ1) is 16.1. The van der Waals surface area contributed by atoms with Crippen LogP contribution < -0.4 is 9.47 Å². The Morgan fingerprint density at radius 1 is 0.583 bits per heavy atom. The summed E-state index contributed by atoms with van der Waals surface area (Å²) >= 11 is 0. The molecule has 0 N–H and O–H groups in total. The molecule has 0 spiro atoms. The summed E-state index contributed by atoms with van der Waals surface area (Å²) in [7, 11) is 3.42. The highest BCUT2D eigenvalue weighted by Gasteiger charge is 2.12. The summed E-state index contributed by atoms with van der Waals surface area (Å²) in [6.07, 6.45) is 1.69. The van der Waals surface area contributed by atoms with Gasteiger partial charge in [-0.2, -0.15) is 0 Å². The van der Waals surface area contributed by atoms with Crippen molar-refractivity contribution in [2.24, 2.45) is 0 Å². The lowest BCUT2D eigenvalue weighted by Crippen LogP contribution is -2.00. The van der Waals surface area contributed by atoms with Gasteiger partial charge in [0.2, 0.25) is 0 Å². The zero-order valence-corrected chi connectivity index (χ0v) is 14.2. The Kier molecular flexibility index (Phi) is 5.17. The first-order valence-electron chi connectivity index (χ1n) is 8.12. The van der Waals surface area contributed by atoms with Crippen LogP contribution in [0.2, 0.25) is 0 Å². The lowest BCUT2D eigenvalue weighted by molar-refractivity contribution is 0.389. The van der Waals surface area contributed by atoms with Crippen LogP contribution in [0, 0.1) is 0 Å². The van der Waals surface area contributed by atoms with E-state index in [2.05, 4.69) is 54.6 Å². The van der Waals surface area contributed by atoms with Gasteiger partial charge in [-0.15, -0.1) is 0 Å². The van der Waals surface area contributed by atoms with E-state index in [0.717, 1.165) is 24.3 Å². The van der Waals surface area contributed by atoms with E-state index in [1.54, 1.807) is 14.2 Å². The van der Waals surface area contributed by atoms with Crippen LogP contribution in [0.25, 0.3) is 0 Å². The number of methoxy groups -OCH3 is 2. The van der Waals surface area contributed by atoms with Gasteiger partial charge in [0.1, 0.15) is 11.5 Å². The zero-order chi connectivity index (χ0) is 16.8. The molecule has 2 nitrogen and oxygen atoms in total. The van der Waals surface area contributed by atoms with Crippen LogP contribution in [-0.2, 0) is 12.8 Å². The zero-order valence-electron chi connectivity index (χ0n) is 14.2. The highest BCUT2D eigenvalue weighted by atomic mass is 16.5. The van der Waals surface area contributed by atoms with Crippen molar-refractivity contribution in [1.82, 2.24) is 0 Å². The first-order valence-corrected chi connectivity index (χ1v) is 8.12. The normalized spacial score (nSPS) is 10.4. The Balaban J connectivity index is 1.97. The molecule has 2 heteroatoms. The van der Waals surface area contributed by atoms with Crippen LogP contribution >= 0.6 is 0 Å². The van der Waals surface area contributed by atoms with Crippen molar-refractivity contribution in [2.45, 2.75) is 12.8 Å². The lowest BCUT2D eigenvalue weighted by atomic mass is 9.97. The maximum Gasteiger partial charge on any atom is 0.126 e. The monoisotopic (exact) mass is 318 g/mol.